The minimum atomic E-state index is 0.175. The lowest BCUT2D eigenvalue weighted by Gasteiger charge is -2.31. The van der Waals surface area contributed by atoms with Crippen LogP contribution in [-0.2, 0) is 11.3 Å². The molecule has 168 valence electrons. The Morgan fingerprint density at radius 1 is 1.03 bits per heavy atom. The lowest BCUT2D eigenvalue weighted by atomic mass is 9.94. The van der Waals surface area contributed by atoms with E-state index in [-0.39, 0.29) is 5.92 Å². The molecule has 32 heavy (non-hydrogen) atoms. The number of rotatable bonds is 7. The van der Waals surface area contributed by atoms with Crippen LogP contribution in [-0.4, -0.2) is 39.6 Å². The second kappa shape index (κ2) is 9.35. The van der Waals surface area contributed by atoms with E-state index >= 15 is 0 Å². The molecule has 2 heterocycles. The predicted octanol–water partition coefficient (Wildman–Crippen LogP) is 5.46. The molecule has 0 N–H and O–H groups in total. The summed E-state index contributed by atoms with van der Waals surface area (Å²) in [4.78, 5) is 20.1. The van der Waals surface area contributed by atoms with Crippen molar-refractivity contribution in [2.75, 3.05) is 13.2 Å². The average Bonchev–Trinajstić information content (AvgIpc) is 3.39. The number of para-hydroxylation sites is 3. The molecule has 1 aliphatic heterocycles. The zero-order valence-corrected chi connectivity index (χ0v) is 19.0. The topological polar surface area (TPSA) is 47.4 Å². The molecule has 5 nitrogen and oxygen atoms in total. The summed E-state index contributed by atoms with van der Waals surface area (Å²) in [6.07, 6.45) is 7.60. The van der Waals surface area contributed by atoms with Crippen LogP contribution in [0.5, 0.6) is 5.75 Å². The fraction of sp³-hybridized carbons (Fsp3) is 0.481. The van der Waals surface area contributed by atoms with Gasteiger partial charge in [-0.05, 0) is 49.9 Å². The zero-order valence-electron chi connectivity index (χ0n) is 19.0. The number of nitrogens with zero attached hydrogens (tertiary/aromatic N) is 3. The number of benzene rings is 2. The van der Waals surface area contributed by atoms with Crippen LogP contribution >= 0.6 is 0 Å². The molecule has 0 radical (unpaired) electrons. The molecule has 1 saturated carbocycles. The van der Waals surface area contributed by atoms with E-state index in [1.807, 2.05) is 24.3 Å². The Hall–Kier alpha value is -2.82. The van der Waals surface area contributed by atoms with Gasteiger partial charge in [0.05, 0.1) is 17.6 Å². The van der Waals surface area contributed by atoms with E-state index < -0.39 is 0 Å². The van der Waals surface area contributed by atoms with Crippen molar-refractivity contribution in [3.8, 4) is 5.75 Å². The first kappa shape index (κ1) is 21.0. The zero-order chi connectivity index (χ0) is 21.9. The molecule has 2 fully saturated rings. The fourth-order valence-electron chi connectivity index (χ4n) is 5.41. The third-order valence-corrected chi connectivity index (χ3v) is 7.10. The normalized spacial score (nSPS) is 19.7. The molecule has 1 atom stereocenters. The number of imidazole rings is 1. The van der Waals surface area contributed by atoms with Gasteiger partial charge < -0.3 is 14.2 Å². The Bertz CT molecular complexity index is 1080. The summed E-state index contributed by atoms with van der Waals surface area (Å²) in [5.74, 6) is 2.50. The Balaban J connectivity index is 1.32. The Morgan fingerprint density at radius 3 is 2.66 bits per heavy atom. The number of aryl methyl sites for hydroxylation is 2. The number of ether oxygens (including phenoxy) is 1. The van der Waals surface area contributed by atoms with Crippen molar-refractivity contribution in [2.24, 2.45) is 0 Å². The van der Waals surface area contributed by atoms with Crippen molar-refractivity contribution in [1.82, 2.24) is 14.5 Å². The summed E-state index contributed by atoms with van der Waals surface area (Å²) < 4.78 is 8.36. The summed E-state index contributed by atoms with van der Waals surface area (Å²) in [5.41, 5.74) is 3.33. The summed E-state index contributed by atoms with van der Waals surface area (Å²) >= 11 is 0. The molecule has 2 aliphatic rings. The lowest BCUT2D eigenvalue weighted by molar-refractivity contribution is -0.130. The molecule has 5 heteroatoms. The van der Waals surface area contributed by atoms with Crippen LogP contribution in [0.4, 0.5) is 0 Å². The van der Waals surface area contributed by atoms with Gasteiger partial charge in [-0.3, -0.25) is 4.79 Å². The Kier molecular flexibility index (Phi) is 6.15. The van der Waals surface area contributed by atoms with Gasteiger partial charge in [-0.1, -0.05) is 49.6 Å². The van der Waals surface area contributed by atoms with E-state index in [2.05, 4.69) is 40.7 Å². The highest BCUT2D eigenvalue weighted by atomic mass is 16.5. The van der Waals surface area contributed by atoms with Gasteiger partial charge >= 0.3 is 0 Å². The molecular formula is C27H33N3O2. The van der Waals surface area contributed by atoms with Crippen LogP contribution in [0.3, 0.4) is 0 Å². The minimum Gasteiger partial charge on any atom is -0.493 e. The van der Waals surface area contributed by atoms with Crippen molar-refractivity contribution in [1.29, 1.82) is 0 Å². The molecule has 0 spiro atoms. The first-order chi connectivity index (χ1) is 15.7. The average molecular weight is 432 g/mol. The monoisotopic (exact) mass is 431 g/mol. The van der Waals surface area contributed by atoms with Crippen LogP contribution in [0.1, 0.15) is 62.3 Å². The standard InChI is InChI=1S/C27H33N3O2/c1-20-10-5-8-15-25(20)32-17-9-16-29-24-14-7-6-13-23(24)28-27(29)21-18-26(31)30(19-21)22-11-3-2-4-12-22/h5-8,10,13-15,21-22H,2-4,9,11-12,16-19H2,1H3. The molecule has 1 unspecified atom stereocenters. The van der Waals surface area contributed by atoms with Crippen LogP contribution in [0.25, 0.3) is 11.0 Å². The van der Waals surface area contributed by atoms with Crippen LogP contribution in [0, 0.1) is 6.92 Å². The highest BCUT2D eigenvalue weighted by Crippen LogP contribution is 2.34. The molecule has 3 aromatic rings. The highest BCUT2D eigenvalue weighted by Gasteiger charge is 2.37. The van der Waals surface area contributed by atoms with E-state index in [4.69, 9.17) is 9.72 Å². The van der Waals surface area contributed by atoms with Gasteiger partial charge in [0, 0.05) is 31.5 Å². The highest BCUT2D eigenvalue weighted by molar-refractivity contribution is 5.81. The summed E-state index contributed by atoms with van der Waals surface area (Å²) in [7, 11) is 0. The maximum Gasteiger partial charge on any atom is 0.223 e. The van der Waals surface area contributed by atoms with Gasteiger partial charge in [-0.2, -0.15) is 0 Å². The summed E-state index contributed by atoms with van der Waals surface area (Å²) in [6, 6.07) is 16.9. The predicted molar refractivity (Wildman–Crippen MR) is 127 cm³/mol. The molecule has 1 aliphatic carbocycles. The van der Waals surface area contributed by atoms with Crippen molar-refractivity contribution >= 4 is 16.9 Å². The number of hydrogen-bond acceptors (Lipinski definition) is 3. The number of hydrogen-bond donors (Lipinski definition) is 0. The van der Waals surface area contributed by atoms with Crippen LogP contribution in [0.15, 0.2) is 48.5 Å². The van der Waals surface area contributed by atoms with E-state index in [1.54, 1.807) is 0 Å². The lowest BCUT2D eigenvalue weighted by Crippen LogP contribution is -2.37. The van der Waals surface area contributed by atoms with Gasteiger partial charge in [-0.15, -0.1) is 0 Å². The number of carbonyl (C=O) groups excluding carboxylic acids is 1. The van der Waals surface area contributed by atoms with E-state index in [1.165, 1.54) is 19.3 Å². The second-order valence-corrected chi connectivity index (χ2v) is 9.32. The van der Waals surface area contributed by atoms with E-state index in [9.17, 15) is 4.79 Å². The van der Waals surface area contributed by atoms with Gasteiger partial charge in [-0.25, -0.2) is 4.98 Å². The SMILES string of the molecule is Cc1ccccc1OCCCn1c(C2CC(=O)N(C3CCCCC3)C2)nc2ccccc21. The number of amides is 1. The number of likely N-dealkylation sites (tertiary alicyclic amines) is 1. The summed E-state index contributed by atoms with van der Waals surface area (Å²) in [5, 5.41) is 0. The number of fused-ring (bicyclic) bond motifs is 1. The second-order valence-electron chi connectivity index (χ2n) is 9.32. The Labute approximate surface area is 190 Å². The van der Waals surface area contributed by atoms with Crippen LogP contribution < -0.4 is 4.74 Å². The van der Waals surface area contributed by atoms with E-state index in [0.717, 1.165) is 60.5 Å². The number of aromatic nitrogens is 2. The maximum absolute atomic E-state index is 12.9. The molecule has 0 bridgehead atoms. The molecule has 5 rings (SSSR count). The number of carbonyl (C=O) groups is 1. The van der Waals surface area contributed by atoms with Crippen molar-refractivity contribution < 1.29 is 9.53 Å². The largest absolute Gasteiger partial charge is 0.493 e. The molecule has 2 aromatic carbocycles. The molecule has 1 amide bonds. The third-order valence-electron chi connectivity index (χ3n) is 7.10. The van der Waals surface area contributed by atoms with Crippen molar-refractivity contribution in [2.45, 2.75) is 70.4 Å². The first-order valence-corrected chi connectivity index (χ1v) is 12.1. The van der Waals surface area contributed by atoms with Gasteiger partial charge in [0.15, 0.2) is 0 Å². The Morgan fingerprint density at radius 2 is 1.81 bits per heavy atom. The van der Waals surface area contributed by atoms with Crippen molar-refractivity contribution in [3.05, 3.63) is 59.9 Å². The van der Waals surface area contributed by atoms with Gasteiger partial charge in [0.25, 0.3) is 0 Å². The molecule has 1 aromatic heterocycles. The molecular weight excluding hydrogens is 398 g/mol. The first-order valence-electron chi connectivity index (χ1n) is 12.1. The van der Waals surface area contributed by atoms with Crippen LogP contribution in [0.2, 0.25) is 0 Å². The van der Waals surface area contributed by atoms with Crippen molar-refractivity contribution in [3.63, 3.8) is 0 Å². The summed E-state index contributed by atoms with van der Waals surface area (Å²) in [6.45, 7) is 4.39. The quantitative estimate of drug-likeness (QED) is 0.467. The smallest absolute Gasteiger partial charge is 0.223 e. The van der Waals surface area contributed by atoms with Gasteiger partial charge in [0.2, 0.25) is 5.91 Å². The van der Waals surface area contributed by atoms with Gasteiger partial charge in [0.1, 0.15) is 11.6 Å². The third kappa shape index (κ3) is 4.25. The fourth-order valence-corrected chi connectivity index (χ4v) is 5.41. The molecule has 1 saturated heterocycles. The minimum absolute atomic E-state index is 0.175. The van der Waals surface area contributed by atoms with E-state index in [0.29, 0.717) is 25.0 Å². The maximum atomic E-state index is 12.9.